The number of pyridine rings is 1. The highest BCUT2D eigenvalue weighted by atomic mass is 79.9. The number of hydrogen-bond acceptors (Lipinski definition) is 2. The fraction of sp³-hybridized carbons (Fsp3) is 0.200. The number of halogens is 1. The van der Waals surface area contributed by atoms with Gasteiger partial charge in [-0.3, -0.25) is 9.59 Å². The summed E-state index contributed by atoms with van der Waals surface area (Å²) in [7, 11) is 3.36. The Morgan fingerprint density at radius 1 is 1.25 bits per heavy atom. The van der Waals surface area contributed by atoms with Gasteiger partial charge in [0.25, 0.3) is 11.5 Å². The van der Waals surface area contributed by atoms with E-state index in [1.807, 2.05) is 25.1 Å². The maximum absolute atomic E-state index is 12.4. The highest BCUT2D eigenvalue weighted by molar-refractivity contribution is 9.10. The van der Waals surface area contributed by atoms with E-state index in [0.717, 1.165) is 15.7 Å². The summed E-state index contributed by atoms with van der Waals surface area (Å²) in [4.78, 5) is 25.6. The number of rotatable bonds is 2. The molecule has 0 bridgehead atoms. The molecule has 1 aromatic heterocycles. The topological polar surface area (TPSA) is 42.3 Å². The fourth-order valence-electron chi connectivity index (χ4n) is 1.98. The summed E-state index contributed by atoms with van der Waals surface area (Å²) in [6.07, 6.45) is 1.60. The Morgan fingerprint density at radius 3 is 2.55 bits per heavy atom. The third-order valence-corrected chi connectivity index (χ3v) is 3.67. The molecule has 0 atom stereocenters. The first-order chi connectivity index (χ1) is 9.40. The van der Waals surface area contributed by atoms with Crippen LogP contribution in [0, 0.1) is 6.92 Å². The molecule has 104 valence electrons. The first-order valence-electron chi connectivity index (χ1n) is 6.11. The molecule has 1 heterocycles. The predicted octanol–water partition coefficient (Wildman–Crippen LogP) is 2.73. The fourth-order valence-corrected chi connectivity index (χ4v) is 2.46. The Kier molecular flexibility index (Phi) is 4.09. The van der Waals surface area contributed by atoms with Crippen LogP contribution < -0.4 is 10.5 Å². The molecule has 20 heavy (non-hydrogen) atoms. The number of aromatic nitrogens is 1. The molecule has 2 rings (SSSR count). The Morgan fingerprint density at radius 2 is 1.95 bits per heavy atom. The lowest BCUT2D eigenvalue weighted by Crippen LogP contribution is -2.28. The van der Waals surface area contributed by atoms with Crippen LogP contribution in [0.1, 0.15) is 15.9 Å². The molecular weight excluding hydrogens is 320 g/mol. The highest BCUT2D eigenvalue weighted by Gasteiger charge is 2.15. The molecule has 0 saturated heterocycles. The highest BCUT2D eigenvalue weighted by Crippen LogP contribution is 2.24. The van der Waals surface area contributed by atoms with Crippen LogP contribution in [0.25, 0.3) is 0 Å². The standard InChI is InChI=1S/C15H15BrN2O2/c1-10-8-12(16)4-5-13(10)18(3)15(20)11-6-7-17(2)14(19)9-11/h4-9H,1-3H3. The van der Waals surface area contributed by atoms with Crippen LogP contribution in [-0.4, -0.2) is 17.5 Å². The quantitative estimate of drug-likeness (QED) is 0.847. The molecule has 5 heteroatoms. The van der Waals surface area contributed by atoms with Gasteiger partial charge in [0.1, 0.15) is 0 Å². The molecular formula is C15H15BrN2O2. The summed E-state index contributed by atoms with van der Waals surface area (Å²) in [5.74, 6) is -0.201. The lowest BCUT2D eigenvalue weighted by molar-refractivity contribution is 0.0992. The van der Waals surface area contributed by atoms with Crippen molar-refractivity contribution in [1.82, 2.24) is 4.57 Å². The molecule has 1 amide bonds. The summed E-state index contributed by atoms with van der Waals surface area (Å²) in [5, 5.41) is 0. The van der Waals surface area contributed by atoms with Gasteiger partial charge in [0.05, 0.1) is 0 Å². The Balaban J connectivity index is 2.37. The zero-order valence-electron chi connectivity index (χ0n) is 11.6. The summed E-state index contributed by atoms with van der Waals surface area (Å²) in [6, 6.07) is 8.71. The molecule has 0 aliphatic carbocycles. The first kappa shape index (κ1) is 14.5. The van der Waals surface area contributed by atoms with Crippen LogP contribution in [0.3, 0.4) is 0 Å². The van der Waals surface area contributed by atoms with Gasteiger partial charge in [0, 0.05) is 42.1 Å². The van der Waals surface area contributed by atoms with E-state index < -0.39 is 0 Å². The molecule has 1 aromatic carbocycles. The summed E-state index contributed by atoms with van der Waals surface area (Å²) in [5.41, 5.74) is 1.99. The number of aryl methyl sites for hydroxylation is 2. The maximum Gasteiger partial charge on any atom is 0.258 e. The van der Waals surface area contributed by atoms with E-state index in [9.17, 15) is 9.59 Å². The van der Waals surface area contributed by atoms with E-state index in [0.29, 0.717) is 5.56 Å². The van der Waals surface area contributed by atoms with Crippen LogP contribution >= 0.6 is 15.9 Å². The van der Waals surface area contributed by atoms with Crippen molar-refractivity contribution in [3.05, 3.63) is 62.5 Å². The van der Waals surface area contributed by atoms with E-state index in [1.165, 1.54) is 10.6 Å². The van der Waals surface area contributed by atoms with Crippen LogP contribution in [0.2, 0.25) is 0 Å². The second-order valence-electron chi connectivity index (χ2n) is 4.66. The number of anilines is 1. The SMILES string of the molecule is Cc1cc(Br)ccc1N(C)C(=O)c1ccn(C)c(=O)c1. The minimum Gasteiger partial charge on any atom is -0.319 e. The van der Waals surface area contributed by atoms with Crippen molar-refractivity contribution in [2.24, 2.45) is 7.05 Å². The lowest BCUT2D eigenvalue weighted by Gasteiger charge is -2.19. The number of nitrogens with zero attached hydrogens (tertiary/aromatic N) is 2. The number of carbonyl (C=O) groups is 1. The smallest absolute Gasteiger partial charge is 0.258 e. The van der Waals surface area contributed by atoms with E-state index in [2.05, 4.69) is 15.9 Å². The van der Waals surface area contributed by atoms with Gasteiger partial charge in [-0.15, -0.1) is 0 Å². The van der Waals surface area contributed by atoms with Gasteiger partial charge in [-0.2, -0.15) is 0 Å². The molecule has 0 fully saturated rings. The van der Waals surface area contributed by atoms with E-state index in [-0.39, 0.29) is 11.5 Å². The summed E-state index contributed by atoms with van der Waals surface area (Å²) < 4.78 is 2.40. The molecule has 0 aliphatic rings. The van der Waals surface area contributed by atoms with Gasteiger partial charge in [0.2, 0.25) is 0 Å². The average Bonchev–Trinajstić information content (AvgIpc) is 2.40. The van der Waals surface area contributed by atoms with Crippen molar-refractivity contribution in [2.45, 2.75) is 6.92 Å². The molecule has 0 saturated carbocycles. The van der Waals surface area contributed by atoms with Gasteiger partial charge < -0.3 is 9.47 Å². The van der Waals surface area contributed by atoms with Crippen LogP contribution in [0.4, 0.5) is 5.69 Å². The molecule has 2 aromatic rings. The molecule has 0 N–H and O–H groups in total. The van der Waals surface area contributed by atoms with E-state index in [4.69, 9.17) is 0 Å². The monoisotopic (exact) mass is 334 g/mol. The molecule has 0 unspecified atom stereocenters. The van der Waals surface area contributed by atoms with Gasteiger partial charge in [-0.25, -0.2) is 0 Å². The van der Waals surface area contributed by atoms with Crippen molar-refractivity contribution in [2.75, 3.05) is 11.9 Å². The van der Waals surface area contributed by atoms with Crippen LogP contribution in [0.5, 0.6) is 0 Å². The third-order valence-electron chi connectivity index (χ3n) is 3.18. The lowest BCUT2D eigenvalue weighted by atomic mass is 10.1. The Hall–Kier alpha value is -1.88. The van der Waals surface area contributed by atoms with Crippen LogP contribution in [0.15, 0.2) is 45.8 Å². The van der Waals surface area contributed by atoms with Crippen LogP contribution in [-0.2, 0) is 7.05 Å². The summed E-state index contributed by atoms with van der Waals surface area (Å²) >= 11 is 3.40. The zero-order valence-corrected chi connectivity index (χ0v) is 13.1. The number of hydrogen-bond donors (Lipinski definition) is 0. The minimum absolute atomic E-state index is 0.197. The van der Waals surface area contributed by atoms with Crippen molar-refractivity contribution < 1.29 is 4.79 Å². The average molecular weight is 335 g/mol. The van der Waals surface area contributed by atoms with Crippen molar-refractivity contribution in [1.29, 1.82) is 0 Å². The van der Waals surface area contributed by atoms with Gasteiger partial charge in [-0.05, 0) is 36.8 Å². The molecule has 0 spiro atoms. The number of carbonyl (C=O) groups excluding carboxylic acids is 1. The minimum atomic E-state index is -0.201. The zero-order chi connectivity index (χ0) is 14.9. The third kappa shape index (κ3) is 2.82. The van der Waals surface area contributed by atoms with E-state index in [1.54, 1.807) is 31.3 Å². The largest absolute Gasteiger partial charge is 0.319 e. The second-order valence-corrected chi connectivity index (χ2v) is 5.58. The van der Waals surface area contributed by atoms with Crippen molar-refractivity contribution in [3.63, 3.8) is 0 Å². The Labute approximate surface area is 125 Å². The molecule has 0 aliphatic heterocycles. The predicted molar refractivity (Wildman–Crippen MR) is 83.3 cm³/mol. The van der Waals surface area contributed by atoms with Gasteiger partial charge in [-0.1, -0.05) is 15.9 Å². The van der Waals surface area contributed by atoms with E-state index >= 15 is 0 Å². The first-order valence-corrected chi connectivity index (χ1v) is 6.90. The molecule has 0 radical (unpaired) electrons. The van der Waals surface area contributed by atoms with Gasteiger partial charge >= 0.3 is 0 Å². The van der Waals surface area contributed by atoms with Crippen molar-refractivity contribution >= 4 is 27.5 Å². The maximum atomic E-state index is 12.4. The second kappa shape index (κ2) is 5.63. The van der Waals surface area contributed by atoms with Crippen molar-refractivity contribution in [3.8, 4) is 0 Å². The number of amides is 1. The normalized spacial score (nSPS) is 10.4. The van der Waals surface area contributed by atoms with Gasteiger partial charge in [0.15, 0.2) is 0 Å². The summed E-state index contributed by atoms with van der Waals surface area (Å²) in [6.45, 7) is 1.94. The Bertz CT molecular complexity index is 722. The molecule has 4 nitrogen and oxygen atoms in total. The number of benzene rings is 1.